The first-order valence-corrected chi connectivity index (χ1v) is 6.36. The SMILES string of the molecule is COc1c([C@@H](C)Br)cccc1[C@@H](C)Br. The predicted octanol–water partition coefficient (Wildman–Crippen LogP) is 4.61. The average molecular weight is 322 g/mol. The van der Waals surface area contributed by atoms with Crippen LogP contribution >= 0.6 is 31.9 Å². The van der Waals surface area contributed by atoms with Gasteiger partial charge < -0.3 is 4.74 Å². The summed E-state index contributed by atoms with van der Waals surface area (Å²) < 4.78 is 5.44. The van der Waals surface area contributed by atoms with Crippen LogP contribution in [0.25, 0.3) is 0 Å². The second kappa shape index (κ2) is 5.17. The second-order valence-corrected chi connectivity index (χ2v) is 5.95. The third-order valence-electron chi connectivity index (χ3n) is 2.14. The van der Waals surface area contributed by atoms with Crippen LogP contribution in [0.15, 0.2) is 18.2 Å². The van der Waals surface area contributed by atoms with Crippen LogP contribution in [0.4, 0.5) is 0 Å². The van der Waals surface area contributed by atoms with Gasteiger partial charge in [0, 0.05) is 20.8 Å². The number of ether oxygens (including phenoxy) is 1. The second-order valence-electron chi connectivity index (χ2n) is 3.20. The molecule has 1 rings (SSSR count). The lowest BCUT2D eigenvalue weighted by Gasteiger charge is -2.16. The average Bonchev–Trinajstić information content (AvgIpc) is 2.16. The molecule has 0 spiro atoms. The number of para-hydroxylation sites is 1. The molecule has 1 aromatic carbocycles. The van der Waals surface area contributed by atoms with Crippen LogP contribution in [0.1, 0.15) is 34.6 Å². The van der Waals surface area contributed by atoms with Crippen molar-refractivity contribution >= 4 is 31.9 Å². The summed E-state index contributed by atoms with van der Waals surface area (Å²) in [5, 5.41) is 0. The van der Waals surface area contributed by atoms with Crippen molar-refractivity contribution in [2.24, 2.45) is 0 Å². The quantitative estimate of drug-likeness (QED) is 0.739. The van der Waals surface area contributed by atoms with E-state index in [2.05, 4.69) is 63.9 Å². The maximum Gasteiger partial charge on any atom is 0.127 e. The molecule has 1 aromatic rings. The predicted molar refractivity (Wildman–Crippen MR) is 67.7 cm³/mol. The zero-order chi connectivity index (χ0) is 10.7. The fraction of sp³-hybridized carbons (Fsp3) is 0.455. The van der Waals surface area contributed by atoms with Crippen molar-refractivity contribution in [2.75, 3.05) is 7.11 Å². The molecule has 0 N–H and O–H groups in total. The van der Waals surface area contributed by atoms with Crippen molar-refractivity contribution in [1.29, 1.82) is 0 Å². The highest BCUT2D eigenvalue weighted by Crippen LogP contribution is 2.38. The van der Waals surface area contributed by atoms with Crippen LogP contribution in [-0.4, -0.2) is 7.11 Å². The molecule has 78 valence electrons. The van der Waals surface area contributed by atoms with Gasteiger partial charge in [0.05, 0.1) is 7.11 Å². The van der Waals surface area contributed by atoms with Crippen LogP contribution in [0.3, 0.4) is 0 Å². The van der Waals surface area contributed by atoms with E-state index in [1.54, 1.807) is 7.11 Å². The third-order valence-corrected chi connectivity index (χ3v) is 3.12. The Morgan fingerprint density at radius 1 is 1.07 bits per heavy atom. The molecule has 0 fully saturated rings. The lowest BCUT2D eigenvalue weighted by atomic mass is 10.0. The molecule has 0 saturated heterocycles. The number of hydrogen-bond donors (Lipinski definition) is 0. The molecule has 0 aliphatic heterocycles. The van der Waals surface area contributed by atoms with Crippen molar-refractivity contribution in [1.82, 2.24) is 0 Å². The highest BCUT2D eigenvalue weighted by Gasteiger charge is 2.14. The van der Waals surface area contributed by atoms with Crippen LogP contribution in [0, 0.1) is 0 Å². The van der Waals surface area contributed by atoms with E-state index in [-0.39, 0.29) is 0 Å². The Hall–Kier alpha value is -0.0200. The van der Waals surface area contributed by atoms with Crippen molar-refractivity contribution in [3.63, 3.8) is 0 Å². The van der Waals surface area contributed by atoms with Crippen LogP contribution < -0.4 is 4.74 Å². The largest absolute Gasteiger partial charge is 0.496 e. The van der Waals surface area contributed by atoms with Gasteiger partial charge >= 0.3 is 0 Å². The van der Waals surface area contributed by atoms with E-state index in [0.29, 0.717) is 9.65 Å². The van der Waals surface area contributed by atoms with E-state index in [4.69, 9.17) is 4.74 Å². The first-order chi connectivity index (χ1) is 6.57. The molecule has 0 amide bonds. The third kappa shape index (κ3) is 2.51. The van der Waals surface area contributed by atoms with Gasteiger partial charge in [-0.2, -0.15) is 0 Å². The fourth-order valence-electron chi connectivity index (χ4n) is 1.44. The Kier molecular flexibility index (Phi) is 4.45. The van der Waals surface area contributed by atoms with Gasteiger partial charge in [-0.15, -0.1) is 0 Å². The summed E-state index contributed by atoms with van der Waals surface area (Å²) in [6.45, 7) is 4.20. The van der Waals surface area contributed by atoms with Gasteiger partial charge in [0.2, 0.25) is 0 Å². The Morgan fingerprint density at radius 2 is 1.50 bits per heavy atom. The van der Waals surface area contributed by atoms with Gasteiger partial charge in [-0.05, 0) is 13.8 Å². The van der Waals surface area contributed by atoms with Crippen molar-refractivity contribution in [2.45, 2.75) is 23.5 Å². The number of benzene rings is 1. The molecule has 2 atom stereocenters. The zero-order valence-electron chi connectivity index (χ0n) is 8.55. The summed E-state index contributed by atoms with van der Waals surface area (Å²) in [5.41, 5.74) is 2.38. The molecule has 0 aliphatic rings. The Balaban J connectivity index is 3.25. The van der Waals surface area contributed by atoms with Crippen LogP contribution in [-0.2, 0) is 0 Å². The fourth-order valence-corrected chi connectivity index (χ4v) is 2.16. The number of rotatable bonds is 3. The highest BCUT2D eigenvalue weighted by molar-refractivity contribution is 9.09. The molecule has 0 heterocycles. The summed E-state index contributed by atoms with van der Waals surface area (Å²) in [6.07, 6.45) is 0. The van der Waals surface area contributed by atoms with E-state index < -0.39 is 0 Å². The van der Waals surface area contributed by atoms with Gasteiger partial charge in [-0.1, -0.05) is 50.1 Å². The normalized spacial score (nSPS) is 14.9. The summed E-state index contributed by atoms with van der Waals surface area (Å²) in [7, 11) is 1.72. The van der Waals surface area contributed by atoms with E-state index >= 15 is 0 Å². The van der Waals surface area contributed by atoms with Gasteiger partial charge in [-0.3, -0.25) is 0 Å². The summed E-state index contributed by atoms with van der Waals surface area (Å²) in [5.74, 6) is 0.973. The smallest absolute Gasteiger partial charge is 0.127 e. The minimum absolute atomic E-state index is 0.309. The molecule has 0 aliphatic carbocycles. The van der Waals surface area contributed by atoms with E-state index in [9.17, 15) is 0 Å². The van der Waals surface area contributed by atoms with Crippen molar-refractivity contribution < 1.29 is 4.74 Å². The molecule has 0 unspecified atom stereocenters. The molecule has 0 aromatic heterocycles. The minimum Gasteiger partial charge on any atom is -0.496 e. The Morgan fingerprint density at radius 3 is 1.79 bits per heavy atom. The maximum absolute atomic E-state index is 5.44. The molecule has 0 saturated carbocycles. The first-order valence-electron chi connectivity index (χ1n) is 4.52. The molecular weight excluding hydrogens is 308 g/mol. The molecule has 0 radical (unpaired) electrons. The summed E-state index contributed by atoms with van der Waals surface area (Å²) in [6, 6.07) is 6.22. The lowest BCUT2D eigenvalue weighted by molar-refractivity contribution is 0.405. The zero-order valence-corrected chi connectivity index (χ0v) is 11.7. The van der Waals surface area contributed by atoms with Crippen LogP contribution in [0.5, 0.6) is 5.75 Å². The van der Waals surface area contributed by atoms with Crippen molar-refractivity contribution in [3.8, 4) is 5.75 Å². The number of methoxy groups -OCH3 is 1. The highest BCUT2D eigenvalue weighted by atomic mass is 79.9. The maximum atomic E-state index is 5.44. The lowest BCUT2D eigenvalue weighted by Crippen LogP contribution is -1.97. The molecule has 14 heavy (non-hydrogen) atoms. The van der Waals surface area contributed by atoms with Crippen molar-refractivity contribution in [3.05, 3.63) is 29.3 Å². The monoisotopic (exact) mass is 320 g/mol. The van der Waals surface area contributed by atoms with E-state index in [1.807, 2.05) is 0 Å². The summed E-state index contributed by atoms with van der Waals surface area (Å²) >= 11 is 7.12. The van der Waals surface area contributed by atoms with Gasteiger partial charge in [0.15, 0.2) is 0 Å². The van der Waals surface area contributed by atoms with E-state index in [1.165, 1.54) is 11.1 Å². The van der Waals surface area contributed by atoms with Crippen LogP contribution in [0.2, 0.25) is 0 Å². The molecule has 3 heteroatoms. The summed E-state index contributed by atoms with van der Waals surface area (Å²) in [4.78, 5) is 0.618. The first kappa shape index (κ1) is 12.1. The number of hydrogen-bond acceptors (Lipinski definition) is 1. The standard InChI is InChI=1S/C11H14Br2O/c1-7(12)9-5-4-6-10(8(2)13)11(9)14-3/h4-8H,1-3H3/t7-,8-/m1/s1. The molecule has 1 nitrogen and oxygen atoms in total. The van der Waals surface area contributed by atoms with Gasteiger partial charge in [-0.25, -0.2) is 0 Å². The molecule has 0 bridgehead atoms. The number of alkyl halides is 2. The van der Waals surface area contributed by atoms with Gasteiger partial charge in [0.1, 0.15) is 5.75 Å². The Bertz CT molecular complexity index is 282. The topological polar surface area (TPSA) is 9.23 Å². The minimum atomic E-state index is 0.309. The Labute approximate surface area is 102 Å². The number of halogens is 2. The van der Waals surface area contributed by atoms with Gasteiger partial charge in [0.25, 0.3) is 0 Å². The molecular formula is C11H14Br2O. The van der Waals surface area contributed by atoms with E-state index in [0.717, 1.165) is 5.75 Å².